The van der Waals surface area contributed by atoms with Gasteiger partial charge < -0.3 is 10.6 Å². The average molecular weight is 337 g/mol. The van der Waals surface area contributed by atoms with Crippen molar-refractivity contribution >= 4 is 34.6 Å². The molecule has 0 radical (unpaired) electrons. The molecule has 0 aromatic heterocycles. The van der Waals surface area contributed by atoms with Gasteiger partial charge in [0.2, 0.25) is 0 Å². The van der Waals surface area contributed by atoms with E-state index in [4.69, 9.17) is 23.8 Å². The monoisotopic (exact) mass is 336 g/mol. The lowest BCUT2D eigenvalue weighted by Crippen LogP contribution is -2.32. The molecule has 0 aliphatic carbocycles. The van der Waals surface area contributed by atoms with Gasteiger partial charge in [-0.25, -0.2) is 4.39 Å². The highest BCUT2D eigenvalue weighted by Crippen LogP contribution is 2.20. The van der Waals surface area contributed by atoms with E-state index in [9.17, 15) is 4.39 Å². The second-order valence-corrected chi connectivity index (χ2v) is 5.91. The lowest BCUT2D eigenvalue weighted by molar-refractivity contribution is 0.627. The summed E-state index contributed by atoms with van der Waals surface area (Å²) in [6.07, 6.45) is 0.898. The number of hydrogen-bond acceptors (Lipinski definition) is 1. The van der Waals surface area contributed by atoms with Gasteiger partial charge in [0, 0.05) is 5.69 Å². The summed E-state index contributed by atoms with van der Waals surface area (Å²) in [5.74, 6) is -0.447. The maximum absolute atomic E-state index is 13.1. The first-order chi connectivity index (χ1) is 10.5. The molecule has 0 unspecified atom stereocenters. The van der Waals surface area contributed by atoms with Crippen molar-refractivity contribution in [3.05, 3.63) is 64.4 Å². The van der Waals surface area contributed by atoms with E-state index in [1.165, 1.54) is 23.3 Å². The fourth-order valence-electron chi connectivity index (χ4n) is 2.12. The molecule has 22 heavy (non-hydrogen) atoms. The summed E-state index contributed by atoms with van der Waals surface area (Å²) in [6, 6.07) is 12.9. The van der Waals surface area contributed by atoms with E-state index < -0.39 is 5.82 Å². The van der Waals surface area contributed by atoms with Crippen LogP contribution in [0.4, 0.5) is 10.1 Å². The van der Waals surface area contributed by atoms with E-state index >= 15 is 0 Å². The van der Waals surface area contributed by atoms with Crippen LogP contribution >= 0.6 is 23.8 Å². The normalized spacial score (nSPS) is 11.8. The van der Waals surface area contributed by atoms with E-state index in [-0.39, 0.29) is 11.1 Å². The molecule has 2 N–H and O–H groups in total. The first kappa shape index (κ1) is 16.7. The second-order valence-electron chi connectivity index (χ2n) is 5.10. The van der Waals surface area contributed by atoms with Gasteiger partial charge in [-0.15, -0.1) is 0 Å². The van der Waals surface area contributed by atoms with Crippen LogP contribution in [-0.4, -0.2) is 5.11 Å². The minimum Gasteiger partial charge on any atom is -0.356 e. The fraction of sp³-hybridized carbons (Fsp3) is 0.235. The second kappa shape index (κ2) is 7.56. The minimum atomic E-state index is -0.447. The number of anilines is 1. The van der Waals surface area contributed by atoms with Gasteiger partial charge in [0.25, 0.3) is 0 Å². The molecule has 0 amide bonds. The average Bonchev–Trinajstić information content (AvgIpc) is 2.49. The largest absolute Gasteiger partial charge is 0.356 e. The molecule has 1 atom stereocenters. The molecule has 2 aromatic carbocycles. The predicted octanol–water partition coefficient (Wildman–Crippen LogP) is 5.23. The van der Waals surface area contributed by atoms with Gasteiger partial charge in [0.05, 0.1) is 11.1 Å². The topological polar surface area (TPSA) is 24.1 Å². The van der Waals surface area contributed by atoms with Gasteiger partial charge in [-0.2, -0.15) is 0 Å². The zero-order valence-electron chi connectivity index (χ0n) is 12.5. The molecule has 0 aliphatic rings. The van der Waals surface area contributed by atoms with E-state index in [0.29, 0.717) is 10.8 Å². The maximum atomic E-state index is 13.1. The summed E-state index contributed by atoms with van der Waals surface area (Å²) in [5, 5.41) is 6.84. The van der Waals surface area contributed by atoms with E-state index in [1.54, 1.807) is 6.07 Å². The van der Waals surface area contributed by atoms with Crippen molar-refractivity contribution in [1.82, 2.24) is 5.32 Å². The smallest absolute Gasteiger partial charge is 0.171 e. The molecular weight excluding hydrogens is 319 g/mol. The minimum absolute atomic E-state index is 0.0679. The first-order valence-electron chi connectivity index (χ1n) is 7.08. The summed E-state index contributed by atoms with van der Waals surface area (Å²) in [4.78, 5) is 0. The van der Waals surface area contributed by atoms with Gasteiger partial charge in [-0.05, 0) is 49.3 Å². The van der Waals surface area contributed by atoms with Crippen LogP contribution in [0.1, 0.15) is 30.5 Å². The summed E-state index contributed by atoms with van der Waals surface area (Å²) < 4.78 is 13.1. The Bertz CT molecular complexity index is 658. The number of hydrogen-bond donors (Lipinski definition) is 2. The van der Waals surface area contributed by atoms with Crippen LogP contribution in [0.25, 0.3) is 0 Å². The number of thiocarbonyl (C=S) groups is 1. The molecule has 0 spiro atoms. The number of rotatable bonds is 4. The molecule has 2 rings (SSSR count). The lowest BCUT2D eigenvalue weighted by atomic mass is 10.0. The van der Waals surface area contributed by atoms with Gasteiger partial charge in [0.15, 0.2) is 5.11 Å². The predicted molar refractivity (Wildman–Crippen MR) is 95.0 cm³/mol. The molecule has 2 aromatic rings. The Labute approximate surface area is 140 Å². The standard InChI is InChI=1S/C17H18ClFN2S/c1-3-16(12-6-4-11(2)5-7-12)21-17(22)20-13-8-9-15(19)14(18)10-13/h4-10,16H,3H2,1-2H3,(H2,20,21,22)/t16-/m0/s1. The fourth-order valence-corrected chi connectivity index (χ4v) is 2.56. The van der Waals surface area contributed by atoms with Crippen LogP contribution in [0.3, 0.4) is 0 Å². The Balaban J connectivity index is 2.02. The zero-order valence-corrected chi connectivity index (χ0v) is 14.1. The molecular formula is C17H18ClFN2S. The van der Waals surface area contributed by atoms with Crippen LogP contribution in [0.2, 0.25) is 5.02 Å². The molecule has 0 saturated carbocycles. The number of aryl methyl sites for hydroxylation is 1. The SMILES string of the molecule is CC[C@H](NC(=S)Nc1ccc(F)c(Cl)c1)c1ccc(C)cc1. The van der Waals surface area contributed by atoms with Crippen LogP contribution in [0.5, 0.6) is 0 Å². The Kier molecular flexibility index (Phi) is 5.75. The zero-order chi connectivity index (χ0) is 16.1. The summed E-state index contributed by atoms with van der Waals surface area (Å²) in [5.41, 5.74) is 3.05. The molecule has 2 nitrogen and oxygen atoms in total. The lowest BCUT2D eigenvalue weighted by Gasteiger charge is -2.20. The third-order valence-corrected chi connectivity index (χ3v) is 3.88. The van der Waals surface area contributed by atoms with Crippen LogP contribution in [-0.2, 0) is 0 Å². The van der Waals surface area contributed by atoms with E-state index in [0.717, 1.165) is 6.42 Å². The Morgan fingerprint density at radius 3 is 2.50 bits per heavy atom. The highest BCUT2D eigenvalue weighted by Gasteiger charge is 2.11. The molecule has 5 heteroatoms. The van der Waals surface area contributed by atoms with Crippen molar-refractivity contribution in [3.63, 3.8) is 0 Å². The van der Waals surface area contributed by atoms with Crippen molar-refractivity contribution in [2.45, 2.75) is 26.3 Å². The van der Waals surface area contributed by atoms with Crippen molar-refractivity contribution < 1.29 is 4.39 Å². The van der Waals surface area contributed by atoms with Gasteiger partial charge in [-0.1, -0.05) is 48.4 Å². The van der Waals surface area contributed by atoms with Crippen molar-refractivity contribution in [1.29, 1.82) is 0 Å². The summed E-state index contributed by atoms with van der Waals surface area (Å²) in [6.45, 7) is 4.15. The molecule has 0 aliphatic heterocycles. The molecule has 0 heterocycles. The van der Waals surface area contributed by atoms with Gasteiger partial charge in [-0.3, -0.25) is 0 Å². The van der Waals surface area contributed by atoms with Crippen molar-refractivity contribution in [3.8, 4) is 0 Å². The molecule has 116 valence electrons. The molecule has 0 fully saturated rings. The number of halogens is 2. The highest BCUT2D eigenvalue weighted by atomic mass is 35.5. The Hall–Kier alpha value is -1.65. The van der Waals surface area contributed by atoms with Crippen LogP contribution in [0, 0.1) is 12.7 Å². The van der Waals surface area contributed by atoms with Gasteiger partial charge in [0.1, 0.15) is 5.82 Å². The Morgan fingerprint density at radius 2 is 1.91 bits per heavy atom. The highest BCUT2D eigenvalue weighted by molar-refractivity contribution is 7.80. The van der Waals surface area contributed by atoms with E-state index in [1.807, 2.05) is 0 Å². The summed E-state index contributed by atoms with van der Waals surface area (Å²) in [7, 11) is 0. The van der Waals surface area contributed by atoms with E-state index in [2.05, 4.69) is 48.7 Å². The number of nitrogens with one attached hydrogen (secondary N) is 2. The maximum Gasteiger partial charge on any atom is 0.171 e. The van der Waals surface area contributed by atoms with Crippen LogP contribution in [0.15, 0.2) is 42.5 Å². The van der Waals surface area contributed by atoms with Crippen molar-refractivity contribution in [2.75, 3.05) is 5.32 Å². The molecule has 0 bridgehead atoms. The molecule has 0 saturated heterocycles. The third-order valence-electron chi connectivity index (χ3n) is 3.37. The third kappa shape index (κ3) is 4.42. The Morgan fingerprint density at radius 1 is 1.23 bits per heavy atom. The first-order valence-corrected chi connectivity index (χ1v) is 7.87. The quantitative estimate of drug-likeness (QED) is 0.748. The number of benzene rings is 2. The van der Waals surface area contributed by atoms with Gasteiger partial charge >= 0.3 is 0 Å². The van der Waals surface area contributed by atoms with Crippen LogP contribution < -0.4 is 10.6 Å². The van der Waals surface area contributed by atoms with Crippen molar-refractivity contribution in [2.24, 2.45) is 0 Å². The summed E-state index contributed by atoms with van der Waals surface area (Å²) >= 11 is 11.1.